The summed E-state index contributed by atoms with van der Waals surface area (Å²) in [5.41, 5.74) is 7.05. The number of aryl methyl sites for hydroxylation is 2. The maximum Gasteiger partial charge on any atom is 0.145 e. The van der Waals surface area contributed by atoms with Gasteiger partial charge >= 0.3 is 0 Å². The molecule has 0 saturated carbocycles. The largest absolute Gasteiger partial charge is 0.489 e. The minimum Gasteiger partial charge on any atom is -0.489 e. The minimum atomic E-state index is 0.211. The molecule has 0 spiro atoms. The number of fused-ring (bicyclic) bond motifs is 2. The van der Waals surface area contributed by atoms with Gasteiger partial charge in [-0.05, 0) is 81.3 Å². The average molecular weight is 492 g/mol. The normalized spacial score (nSPS) is 14.9. The van der Waals surface area contributed by atoms with E-state index in [0.29, 0.717) is 0 Å². The molecule has 37 heavy (non-hydrogen) atoms. The molecule has 6 rings (SSSR count). The first kappa shape index (κ1) is 23.5. The van der Waals surface area contributed by atoms with Crippen LogP contribution in [0, 0.1) is 13.8 Å². The molecule has 0 amide bonds. The lowest BCUT2D eigenvalue weighted by molar-refractivity contribution is 0.116. The zero-order chi connectivity index (χ0) is 25.4. The molecule has 6 nitrogen and oxygen atoms in total. The van der Waals surface area contributed by atoms with Gasteiger partial charge in [-0.3, -0.25) is 0 Å². The summed E-state index contributed by atoms with van der Waals surface area (Å²) in [7, 11) is 2.17. The van der Waals surface area contributed by atoms with Crippen LogP contribution >= 0.6 is 0 Å². The van der Waals surface area contributed by atoms with Crippen LogP contribution in [0.2, 0.25) is 0 Å². The van der Waals surface area contributed by atoms with E-state index in [1.807, 2.05) is 18.2 Å². The molecule has 1 fully saturated rings. The fraction of sp³-hybridized carbons (Fsp3) is 0.290. The van der Waals surface area contributed by atoms with E-state index in [0.717, 1.165) is 60.6 Å². The summed E-state index contributed by atoms with van der Waals surface area (Å²) >= 11 is 0. The Morgan fingerprint density at radius 2 is 1.84 bits per heavy atom. The van der Waals surface area contributed by atoms with E-state index in [2.05, 4.69) is 94.3 Å². The predicted molar refractivity (Wildman–Crippen MR) is 151 cm³/mol. The summed E-state index contributed by atoms with van der Waals surface area (Å²) in [5, 5.41) is 5.67. The summed E-state index contributed by atoms with van der Waals surface area (Å²) in [4.78, 5) is 11.5. The number of hydrogen-bond donors (Lipinski definition) is 1. The Bertz CT molecular complexity index is 1560. The lowest BCUT2D eigenvalue weighted by Gasteiger charge is -2.29. The van der Waals surface area contributed by atoms with Crippen molar-refractivity contribution >= 4 is 33.3 Å². The smallest absolute Gasteiger partial charge is 0.145 e. The van der Waals surface area contributed by atoms with Crippen molar-refractivity contribution in [3.05, 3.63) is 89.9 Å². The van der Waals surface area contributed by atoms with Crippen molar-refractivity contribution in [2.24, 2.45) is 0 Å². The Labute approximate surface area is 217 Å². The van der Waals surface area contributed by atoms with Gasteiger partial charge in [-0.25, -0.2) is 9.97 Å². The molecule has 6 heteroatoms. The molecular formula is C31H33N5O. The standard InChI is InChI=1S/C31H33N5O/c1-21-7-8-22(2)24(17-21)19-36-16-11-23-18-25(9-10-28(23)36)34-31-30-27(32-20-33-31)5-4-6-29(30)37-26-12-14-35(3)15-13-26/h4-11,16-18,20,26H,12-15,19H2,1-3H3,(H,32,33,34). The first-order chi connectivity index (χ1) is 18.0. The van der Waals surface area contributed by atoms with Crippen LogP contribution in [0.5, 0.6) is 5.75 Å². The van der Waals surface area contributed by atoms with Crippen molar-refractivity contribution in [1.29, 1.82) is 0 Å². The number of aromatic nitrogens is 3. The minimum absolute atomic E-state index is 0.211. The molecule has 0 unspecified atom stereocenters. The molecular weight excluding hydrogens is 458 g/mol. The van der Waals surface area contributed by atoms with Gasteiger partial charge in [0.15, 0.2) is 0 Å². The van der Waals surface area contributed by atoms with Gasteiger partial charge in [0.05, 0.1) is 10.9 Å². The Hall–Kier alpha value is -3.90. The molecule has 0 atom stereocenters. The summed E-state index contributed by atoms with van der Waals surface area (Å²) in [6.07, 6.45) is 6.05. The number of nitrogens with zero attached hydrogens (tertiary/aromatic N) is 4. The Morgan fingerprint density at radius 3 is 2.70 bits per heavy atom. The Balaban J connectivity index is 1.28. The van der Waals surface area contributed by atoms with Crippen molar-refractivity contribution in [2.75, 3.05) is 25.5 Å². The topological polar surface area (TPSA) is 55.2 Å². The van der Waals surface area contributed by atoms with Crippen LogP contribution in [0.15, 0.2) is 73.2 Å². The van der Waals surface area contributed by atoms with E-state index in [4.69, 9.17) is 4.74 Å². The molecule has 0 bridgehead atoms. The average Bonchev–Trinajstić information content (AvgIpc) is 3.29. The van der Waals surface area contributed by atoms with Gasteiger partial charge in [-0.2, -0.15) is 0 Å². The van der Waals surface area contributed by atoms with Crippen molar-refractivity contribution in [3.8, 4) is 5.75 Å². The Kier molecular flexibility index (Phi) is 6.26. The van der Waals surface area contributed by atoms with Crippen LogP contribution in [-0.2, 0) is 6.54 Å². The predicted octanol–water partition coefficient (Wildman–Crippen LogP) is 6.47. The van der Waals surface area contributed by atoms with E-state index in [-0.39, 0.29) is 6.10 Å². The maximum absolute atomic E-state index is 6.49. The third-order valence-corrected chi connectivity index (χ3v) is 7.46. The molecule has 0 aliphatic carbocycles. The van der Waals surface area contributed by atoms with E-state index < -0.39 is 0 Å². The number of benzene rings is 3. The molecule has 5 aromatic rings. The lowest BCUT2D eigenvalue weighted by atomic mass is 10.1. The molecule has 1 N–H and O–H groups in total. The maximum atomic E-state index is 6.49. The van der Waals surface area contributed by atoms with E-state index in [1.165, 1.54) is 27.6 Å². The second kappa shape index (κ2) is 9.87. The first-order valence-electron chi connectivity index (χ1n) is 13.0. The fourth-order valence-electron chi connectivity index (χ4n) is 5.26. The molecule has 1 saturated heterocycles. The number of nitrogens with one attached hydrogen (secondary N) is 1. The third kappa shape index (κ3) is 4.89. The van der Waals surface area contributed by atoms with Gasteiger partial charge in [0, 0.05) is 42.4 Å². The summed E-state index contributed by atoms with van der Waals surface area (Å²) in [5.74, 6) is 1.61. The second-order valence-corrected chi connectivity index (χ2v) is 10.3. The summed E-state index contributed by atoms with van der Waals surface area (Å²) < 4.78 is 8.81. The van der Waals surface area contributed by atoms with Crippen molar-refractivity contribution < 1.29 is 4.74 Å². The lowest BCUT2D eigenvalue weighted by Crippen LogP contribution is -2.35. The molecule has 1 aliphatic heterocycles. The molecule has 1 aliphatic rings. The molecule has 2 aromatic heterocycles. The number of ether oxygens (including phenoxy) is 1. The molecule has 3 aromatic carbocycles. The molecule has 3 heterocycles. The fourth-order valence-corrected chi connectivity index (χ4v) is 5.26. The highest BCUT2D eigenvalue weighted by atomic mass is 16.5. The van der Waals surface area contributed by atoms with Gasteiger partial charge in [0.1, 0.15) is 24.0 Å². The van der Waals surface area contributed by atoms with Gasteiger partial charge in [0.25, 0.3) is 0 Å². The highest BCUT2D eigenvalue weighted by molar-refractivity contribution is 5.96. The van der Waals surface area contributed by atoms with Gasteiger partial charge in [-0.15, -0.1) is 0 Å². The number of piperidine rings is 1. The van der Waals surface area contributed by atoms with E-state index in [1.54, 1.807) is 6.33 Å². The SMILES string of the molecule is Cc1ccc(C)c(Cn2ccc3cc(Nc4ncnc5cccc(OC6CCN(C)CC6)c45)ccc32)c1. The monoisotopic (exact) mass is 491 g/mol. The van der Waals surface area contributed by atoms with Crippen LogP contribution < -0.4 is 10.1 Å². The zero-order valence-corrected chi connectivity index (χ0v) is 21.7. The number of likely N-dealkylation sites (tertiary alicyclic amines) is 1. The summed E-state index contributed by atoms with van der Waals surface area (Å²) in [6, 6.07) is 21.4. The van der Waals surface area contributed by atoms with Crippen LogP contribution in [-0.4, -0.2) is 45.7 Å². The molecule has 188 valence electrons. The zero-order valence-electron chi connectivity index (χ0n) is 21.7. The van der Waals surface area contributed by atoms with Crippen LogP contribution in [0.25, 0.3) is 21.8 Å². The number of hydrogen-bond acceptors (Lipinski definition) is 5. The quantitative estimate of drug-likeness (QED) is 0.295. The Morgan fingerprint density at radius 1 is 0.973 bits per heavy atom. The highest BCUT2D eigenvalue weighted by Crippen LogP contribution is 2.34. The van der Waals surface area contributed by atoms with E-state index >= 15 is 0 Å². The van der Waals surface area contributed by atoms with Crippen LogP contribution in [0.3, 0.4) is 0 Å². The summed E-state index contributed by atoms with van der Waals surface area (Å²) in [6.45, 7) is 7.30. The first-order valence-corrected chi connectivity index (χ1v) is 13.0. The number of anilines is 2. The third-order valence-electron chi connectivity index (χ3n) is 7.46. The van der Waals surface area contributed by atoms with Gasteiger partial charge in [0.2, 0.25) is 0 Å². The van der Waals surface area contributed by atoms with Crippen LogP contribution in [0.1, 0.15) is 29.5 Å². The van der Waals surface area contributed by atoms with Crippen LogP contribution in [0.4, 0.5) is 11.5 Å². The van der Waals surface area contributed by atoms with Gasteiger partial charge < -0.3 is 19.5 Å². The van der Waals surface area contributed by atoms with Crippen molar-refractivity contribution in [2.45, 2.75) is 39.3 Å². The van der Waals surface area contributed by atoms with Crippen molar-refractivity contribution in [1.82, 2.24) is 19.4 Å². The van der Waals surface area contributed by atoms with Crippen molar-refractivity contribution in [3.63, 3.8) is 0 Å². The highest BCUT2D eigenvalue weighted by Gasteiger charge is 2.20. The van der Waals surface area contributed by atoms with Gasteiger partial charge in [-0.1, -0.05) is 29.8 Å². The number of rotatable bonds is 6. The second-order valence-electron chi connectivity index (χ2n) is 10.3. The molecule has 0 radical (unpaired) electrons. The van der Waals surface area contributed by atoms with E-state index in [9.17, 15) is 0 Å².